The second-order valence-electron chi connectivity index (χ2n) is 5.05. The molecule has 0 atom stereocenters. The highest BCUT2D eigenvalue weighted by Gasteiger charge is 2.37. The van der Waals surface area contributed by atoms with Crippen LogP contribution in [0.2, 0.25) is 0 Å². The predicted octanol–water partition coefficient (Wildman–Crippen LogP) is 3.50. The first-order valence-corrected chi connectivity index (χ1v) is 7.30. The van der Waals surface area contributed by atoms with Gasteiger partial charge in [0.15, 0.2) is 0 Å². The quantitative estimate of drug-likeness (QED) is 0.856. The highest BCUT2D eigenvalue weighted by Crippen LogP contribution is 2.37. The highest BCUT2D eigenvalue weighted by molar-refractivity contribution is 9.10. The van der Waals surface area contributed by atoms with Gasteiger partial charge in [-0.25, -0.2) is 4.98 Å². The molecule has 1 fully saturated rings. The molecule has 1 aromatic heterocycles. The topological polar surface area (TPSA) is 33.2 Å². The highest BCUT2D eigenvalue weighted by atomic mass is 79.9. The average Bonchev–Trinajstić information content (AvgIpc) is 2.84. The Morgan fingerprint density at radius 3 is 2.67 bits per heavy atom. The number of aromatic nitrogens is 1. The van der Waals surface area contributed by atoms with Crippen molar-refractivity contribution in [3.05, 3.63) is 28.5 Å². The summed E-state index contributed by atoms with van der Waals surface area (Å²) in [6.07, 6.45) is 5.07. The zero-order chi connectivity index (χ0) is 13.2. The lowest BCUT2D eigenvalue weighted by molar-refractivity contribution is 0.0764. The van der Waals surface area contributed by atoms with Gasteiger partial charge in [0.2, 0.25) is 0 Å². The first-order chi connectivity index (χ1) is 8.60. The Balaban J connectivity index is 2.10. The van der Waals surface area contributed by atoms with Crippen LogP contribution < -0.4 is 0 Å². The molecule has 0 aromatic carbocycles. The molecule has 0 saturated carbocycles. The van der Waals surface area contributed by atoms with Gasteiger partial charge in [-0.05, 0) is 52.7 Å². The second-order valence-corrected chi connectivity index (χ2v) is 5.96. The van der Waals surface area contributed by atoms with Crippen LogP contribution in [0.1, 0.15) is 43.6 Å². The van der Waals surface area contributed by atoms with Crippen molar-refractivity contribution in [1.82, 2.24) is 9.88 Å². The van der Waals surface area contributed by atoms with Crippen LogP contribution in [0.3, 0.4) is 0 Å². The molecule has 1 amide bonds. The fourth-order valence-electron chi connectivity index (χ4n) is 2.60. The molecule has 1 saturated heterocycles. The average molecular weight is 311 g/mol. The summed E-state index contributed by atoms with van der Waals surface area (Å²) in [6.45, 7) is 6.17. The van der Waals surface area contributed by atoms with Gasteiger partial charge in [0.25, 0.3) is 5.91 Å². The van der Waals surface area contributed by atoms with Crippen LogP contribution in [0.15, 0.2) is 22.8 Å². The molecule has 4 heteroatoms. The molecule has 98 valence electrons. The second kappa shape index (κ2) is 5.39. The maximum absolute atomic E-state index is 12.3. The molecule has 0 spiro atoms. The van der Waals surface area contributed by atoms with Crippen molar-refractivity contribution in [2.45, 2.75) is 33.1 Å². The Labute approximate surface area is 117 Å². The van der Waals surface area contributed by atoms with Crippen molar-refractivity contribution in [3.63, 3.8) is 0 Å². The van der Waals surface area contributed by atoms with E-state index >= 15 is 0 Å². The third-order valence-corrected chi connectivity index (χ3v) is 4.64. The summed E-state index contributed by atoms with van der Waals surface area (Å²) in [6, 6.07) is 3.65. The third kappa shape index (κ3) is 2.58. The number of carbonyl (C=O) groups is 1. The van der Waals surface area contributed by atoms with E-state index in [0.29, 0.717) is 11.1 Å². The maximum atomic E-state index is 12.3. The Kier molecular flexibility index (Phi) is 4.05. The van der Waals surface area contributed by atoms with E-state index in [1.54, 1.807) is 12.3 Å². The Morgan fingerprint density at radius 1 is 1.44 bits per heavy atom. The van der Waals surface area contributed by atoms with Crippen LogP contribution >= 0.6 is 15.9 Å². The Hall–Kier alpha value is -0.900. The molecule has 0 N–H and O–H groups in total. The number of pyridine rings is 1. The van der Waals surface area contributed by atoms with Crippen LogP contribution in [0.25, 0.3) is 0 Å². The number of carbonyl (C=O) groups excluding carboxylic acids is 1. The van der Waals surface area contributed by atoms with Crippen molar-refractivity contribution in [2.75, 3.05) is 13.1 Å². The van der Waals surface area contributed by atoms with Crippen molar-refractivity contribution in [3.8, 4) is 0 Å². The van der Waals surface area contributed by atoms with E-state index in [4.69, 9.17) is 0 Å². The van der Waals surface area contributed by atoms with Gasteiger partial charge in [-0.2, -0.15) is 0 Å². The van der Waals surface area contributed by atoms with E-state index in [2.05, 4.69) is 34.8 Å². The van der Waals surface area contributed by atoms with E-state index in [0.717, 1.165) is 36.8 Å². The minimum absolute atomic E-state index is 0.0614. The number of nitrogens with zero attached hydrogens (tertiary/aromatic N) is 2. The van der Waals surface area contributed by atoms with E-state index in [1.165, 1.54) is 0 Å². The van der Waals surface area contributed by atoms with E-state index in [9.17, 15) is 4.79 Å². The summed E-state index contributed by atoms with van der Waals surface area (Å²) in [5, 5.41) is 0. The van der Waals surface area contributed by atoms with Crippen molar-refractivity contribution in [1.29, 1.82) is 0 Å². The number of halogens is 1. The summed E-state index contributed by atoms with van der Waals surface area (Å²) >= 11 is 3.33. The standard InChI is InChI=1S/C14H19BrN2O/c1-3-14(4-2)7-8-17(10-14)13(18)12-6-5-11(15)9-16-12/h5-6,9H,3-4,7-8,10H2,1-2H3. The SMILES string of the molecule is CCC1(CC)CCN(C(=O)c2ccc(Br)cn2)C1. The molecule has 0 aliphatic carbocycles. The maximum Gasteiger partial charge on any atom is 0.272 e. The molecular weight excluding hydrogens is 292 g/mol. The van der Waals surface area contributed by atoms with Crippen LogP contribution in [0.5, 0.6) is 0 Å². The van der Waals surface area contributed by atoms with Gasteiger partial charge in [0.1, 0.15) is 5.69 Å². The van der Waals surface area contributed by atoms with Gasteiger partial charge >= 0.3 is 0 Å². The Bertz CT molecular complexity index is 426. The molecule has 3 nitrogen and oxygen atoms in total. The van der Waals surface area contributed by atoms with Gasteiger partial charge in [0, 0.05) is 23.8 Å². The van der Waals surface area contributed by atoms with E-state index in [1.807, 2.05) is 11.0 Å². The summed E-state index contributed by atoms with van der Waals surface area (Å²) in [5.74, 6) is 0.0614. The molecule has 18 heavy (non-hydrogen) atoms. The first kappa shape index (κ1) is 13.5. The smallest absolute Gasteiger partial charge is 0.272 e. The molecule has 1 aromatic rings. The summed E-state index contributed by atoms with van der Waals surface area (Å²) in [5.41, 5.74) is 0.867. The first-order valence-electron chi connectivity index (χ1n) is 6.51. The molecule has 0 unspecified atom stereocenters. The zero-order valence-electron chi connectivity index (χ0n) is 10.9. The van der Waals surface area contributed by atoms with Crippen molar-refractivity contribution in [2.24, 2.45) is 5.41 Å². The fraction of sp³-hybridized carbons (Fsp3) is 0.571. The molecule has 0 bridgehead atoms. The molecule has 2 heterocycles. The Morgan fingerprint density at radius 2 is 2.17 bits per heavy atom. The van der Waals surface area contributed by atoms with Gasteiger partial charge in [-0.15, -0.1) is 0 Å². The number of hydrogen-bond donors (Lipinski definition) is 0. The number of likely N-dealkylation sites (tertiary alicyclic amines) is 1. The van der Waals surface area contributed by atoms with E-state index in [-0.39, 0.29) is 5.91 Å². The van der Waals surface area contributed by atoms with Crippen molar-refractivity contribution < 1.29 is 4.79 Å². The number of rotatable bonds is 3. The van der Waals surface area contributed by atoms with Gasteiger partial charge < -0.3 is 4.90 Å². The van der Waals surface area contributed by atoms with Gasteiger partial charge in [0.05, 0.1) is 0 Å². The largest absolute Gasteiger partial charge is 0.337 e. The molecular formula is C14H19BrN2O. The molecule has 1 aliphatic heterocycles. The minimum Gasteiger partial charge on any atom is -0.337 e. The number of amides is 1. The molecule has 1 aliphatic rings. The third-order valence-electron chi connectivity index (χ3n) is 4.17. The lowest BCUT2D eigenvalue weighted by Gasteiger charge is -2.26. The lowest BCUT2D eigenvalue weighted by Crippen LogP contribution is -2.32. The summed E-state index contributed by atoms with van der Waals surface area (Å²) in [7, 11) is 0. The van der Waals surface area contributed by atoms with Crippen LogP contribution in [-0.2, 0) is 0 Å². The van der Waals surface area contributed by atoms with Crippen LogP contribution in [0, 0.1) is 5.41 Å². The molecule has 0 radical (unpaired) electrons. The van der Waals surface area contributed by atoms with Crippen molar-refractivity contribution >= 4 is 21.8 Å². The normalized spacial score (nSPS) is 18.1. The van der Waals surface area contributed by atoms with E-state index < -0.39 is 0 Å². The van der Waals surface area contributed by atoms with Gasteiger partial charge in [-0.1, -0.05) is 13.8 Å². The predicted molar refractivity (Wildman–Crippen MR) is 75.5 cm³/mol. The molecule has 2 rings (SSSR count). The summed E-state index contributed by atoms with van der Waals surface area (Å²) < 4.78 is 0.900. The van der Waals surface area contributed by atoms with Crippen LogP contribution in [-0.4, -0.2) is 28.9 Å². The van der Waals surface area contributed by atoms with Gasteiger partial charge in [-0.3, -0.25) is 4.79 Å². The summed E-state index contributed by atoms with van der Waals surface area (Å²) in [4.78, 5) is 18.5. The lowest BCUT2D eigenvalue weighted by atomic mass is 9.82. The fourth-order valence-corrected chi connectivity index (χ4v) is 2.83. The minimum atomic E-state index is 0.0614. The number of hydrogen-bond acceptors (Lipinski definition) is 2. The zero-order valence-corrected chi connectivity index (χ0v) is 12.5. The monoisotopic (exact) mass is 310 g/mol. The van der Waals surface area contributed by atoms with Crippen LogP contribution in [0.4, 0.5) is 0 Å².